The summed E-state index contributed by atoms with van der Waals surface area (Å²) in [6.45, 7) is -0.152. The van der Waals surface area contributed by atoms with E-state index in [4.69, 9.17) is 5.11 Å². The van der Waals surface area contributed by atoms with Gasteiger partial charge in [-0.2, -0.15) is 0 Å². The van der Waals surface area contributed by atoms with E-state index in [1.165, 1.54) is 17.0 Å². The highest BCUT2D eigenvalue weighted by Crippen LogP contribution is 2.40. The van der Waals surface area contributed by atoms with Crippen molar-refractivity contribution < 1.29 is 27.9 Å². The Labute approximate surface area is 193 Å². The van der Waals surface area contributed by atoms with Crippen LogP contribution in [-0.2, 0) is 0 Å². The third kappa shape index (κ3) is 5.36. The Morgan fingerprint density at radius 1 is 1.15 bits per heavy atom. The van der Waals surface area contributed by atoms with E-state index in [0.29, 0.717) is 24.2 Å². The molecule has 0 aromatic carbocycles. The minimum atomic E-state index is -2.61. The summed E-state index contributed by atoms with van der Waals surface area (Å²) in [6.07, 6.45) is 4.50. The van der Waals surface area contributed by atoms with Gasteiger partial charge in [0.25, 0.3) is 0 Å². The number of pyridine rings is 2. The highest BCUT2D eigenvalue weighted by molar-refractivity contribution is 6.07. The molecule has 180 valence electrons. The number of urea groups is 1. The Balaban J connectivity index is 1.45. The van der Waals surface area contributed by atoms with Gasteiger partial charge >= 0.3 is 6.03 Å². The summed E-state index contributed by atoms with van der Waals surface area (Å²) in [5, 5.41) is 14.4. The Morgan fingerprint density at radius 2 is 1.91 bits per heavy atom. The molecular formula is C23H24F3N5O3. The fourth-order valence-corrected chi connectivity index (χ4v) is 4.06. The average molecular weight is 475 g/mol. The highest BCUT2D eigenvalue weighted by atomic mass is 19.3. The number of nitrogens with one attached hydrogen (secondary N) is 2. The number of carbonyl (C=O) groups is 2. The maximum Gasteiger partial charge on any atom is 0.323 e. The lowest BCUT2D eigenvalue weighted by Crippen LogP contribution is -2.24. The van der Waals surface area contributed by atoms with Gasteiger partial charge in [0.15, 0.2) is 0 Å². The van der Waals surface area contributed by atoms with E-state index in [1.54, 1.807) is 12.1 Å². The molecule has 0 atom stereocenters. The van der Waals surface area contributed by atoms with Crippen LogP contribution in [0.25, 0.3) is 11.0 Å². The number of rotatable bonds is 6. The number of aliphatic hydroxyl groups is 1. The van der Waals surface area contributed by atoms with Gasteiger partial charge in [0.1, 0.15) is 11.5 Å². The number of aliphatic hydroxyl groups excluding tert-OH is 1. The third-order valence-electron chi connectivity index (χ3n) is 5.86. The smallest absolute Gasteiger partial charge is 0.323 e. The Hall–Kier alpha value is -3.47. The highest BCUT2D eigenvalue weighted by Gasteiger charge is 2.35. The molecule has 8 nitrogen and oxygen atoms in total. The topological polar surface area (TPSA) is 109 Å². The fraction of sp³-hybridized carbons (Fsp3) is 0.391. The van der Waals surface area contributed by atoms with Gasteiger partial charge in [-0.15, -0.1) is 0 Å². The molecule has 3 heterocycles. The minimum absolute atomic E-state index is 0.0422. The molecule has 3 aromatic heterocycles. The largest absolute Gasteiger partial charge is 0.396 e. The van der Waals surface area contributed by atoms with Crippen LogP contribution in [0.3, 0.4) is 0 Å². The number of hydrogen-bond acceptors (Lipinski definition) is 5. The van der Waals surface area contributed by atoms with Crippen molar-refractivity contribution in [2.45, 2.75) is 50.4 Å². The molecule has 0 unspecified atom stereocenters. The Kier molecular flexibility index (Phi) is 6.82. The molecule has 1 aliphatic carbocycles. The molecule has 0 bridgehead atoms. The first-order valence-electron chi connectivity index (χ1n) is 11.0. The second-order valence-electron chi connectivity index (χ2n) is 8.34. The van der Waals surface area contributed by atoms with Gasteiger partial charge < -0.3 is 15.7 Å². The normalized spacial score (nSPS) is 15.9. The van der Waals surface area contributed by atoms with Gasteiger partial charge in [-0.3, -0.25) is 14.3 Å². The summed E-state index contributed by atoms with van der Waals surface area (Å²) in [6, 6.07) is 3.86. The summed E-state index contributed by atoms with van der Waals surface area (Å²) in [5.74, 6) is -3.63. The molecule has 0 spiro atoms. The van der Waals surface area contributed by atoms with E-state index < -0.39 is 17.8 Å². The predicted molar refractivity (Wildman–Crippen MR) is 120 cm³/mol. The van der Waals surface area contributed by atoms with Crippen molar-refractivity contribution in [3.63, 3.8) is 0 Å². The van der Waals surface area contributed by atoms with Gasteiger partial charge in [0.2, 0.25) is 11.8 Å². The summed E-state index contributed by atoms with van der Waals surface area (Å²) < 4.78 is 41.7. The molecular weight excluding hydrogens is 451 g/mol. The maximum atomic E-state index is 13.8. The quantitative estimate of drug-likeness (QED) is 0.469. The summed E-state index contributed by atoms with van der Waals surface area (Å²) in [5.41, 5.74) is 1.45. The molecule has 1 aliphatic rings. The first-order chi connectivity index (χ1) is 16.3. The van der Waals surface area contributed by atoms with E-state index in [-0.39, 0.29) is 60.8 Å². The van der Waals surface area contributed by atoms with Crippen molar-refractivity contribution >= 4 is 34.3 Å². The van der Waals surface area contributed by atoms with Gasteiger partial charge in [-0.05, 0) is 37.5 Å². The van der Waals surface area contributed by atoms with Gasteiger partial charge in [0.05, 0.1) is 23.8 Å². The second kappa shape index (κ2) is 9.80. The zero-order valence-electron chi connectivity index (χ0n) is 18.2. The molecule has 2 amide bonds. The van der Waals surface area contributed by atoms with Crippen molar-refractivity contribution in [1.82, 2.24) is 14.5 Å². The molecule has 1 fully saturated rings. The molecule has 3 N–H and O–H groups in total. The first-order valence-corrected chi connectivity index (χ1v) is 11.0. The molecule has 0 aliphatic heterocycles. The molecule has 3 aromatic rings. The van der Waals surface area contributed by atoms with E-state index >= 15 is 0 Å². The maximum absolute atomic E-state index is 13.8. The number of amides is 2. The molecule has 0 radical (unpaired) electrons. The molecule has 4 rings (SSSR count). The van der Waals surface area contributed by atoms with Gasteiger partial charge in [0, 0.05) is 49.1 Å². The van der Waals surface area contributed by atoms with Crippen molar-refractivity contribution in [3.05, 3.63) is 48.3 Å². The lowest BCUT2D eigenvalue weighted by molar-refractivity contribution is -0.0384. The summed E-state index contributed by atoms with van der Waals surface area (Å²) >= 11 is 0. The number of alkyl halides is 2. The zero-order chi connectivity index (χ0) is 24.3. The van der Waals surface area contributed by atoms with Crippen LogP contribution in [0.15, 0.2) is 36.8 Å². The number of aromatic nitrogens is 3. The number of nitrogens with zero attached hydrogens (tertiary/aromatic N) is 3. The van der Waals surface area contributed by atoms with Crippen LogP contribution >= 0.6 is 0 Å². The van der Waals surface area contributed by atoms with Crippen LogP contribution in [0.4, 0.5) is 29.3 Å². The van der Waals surface area contributed by atoms with Crippen molar-refractivity contribution in [2.24, 2.45) is 0 Å². The van der Waals surface area contributed by atoms with Crippen LogP contribution in [-0.4, -0.2) is 44.1 Å². The van der Waals surface area contributed by atoms with E-state index in [1.807, 2.05) is 0 Å². The predicted octanol–water partition coefficient (Wildman–Crippen LogP) is 4.92. The number of fused-ring (bicyclic) bond motifs is 1. The Bertz CT molecular complexity index is 1190. The second-order valence-corrected chi connectivity index (χ2v) is 8.34. The lowest BCUT2D eigenvalue weighted by atomic mass is 9.84. The van der Waals surface area contributed by atoms with Crippen molar-refractivity contribution in [1.29, 1.82) is 0 Å². The van der Waals surface area contributed by atoms with E-state index in [2.05, 4.69) is 20.6 Å². The van der Waals surface area contributed by atoms with Crippen LogP contribution in [0.1, 0.15) is 54.9 Å². The lowest BCUT2D eigenvalue weighted by Gasteiger charge is -2.27. The van der Waals surface area contributed by atoms with Crippen LogP contribution in [0.2, 0.25) is 0 Å². The minimum Gasteiger partial charge on any atom is -0.396 e. The van der Waals surface area contributed by atoms with E-state index in [9.17, 15) is 22.8 Å². The van der Waals surface area contributed by atoms with Gasteiger partial charge in [-0.1, -0.05) is 0 Å². The standard InChI is InChI=1S/C23H24F3N5O3/c24-15-10-17-19(13-31(21(17)28-11-15)20(33)2-1-9-32)30-22(34)29-16-3-4-18(27-12-16)14-5-7-23(25,26)8-6-14/h3-4,10-14,32H,1-2,5-9H2,(H2,29,30,34). The third-order valence-corrected chi connectivity index (χ3v) is 5.86. The van der Waals surface area contributed by atoms with Crippen LogP contribution in [0.5, 0.6) is 0 Å². The van der Waals surface area contributed by atoms with Crippen LogP contribution in [0, 0.1) is 5.82 Å². The molecule has 11 heteroatoms. The zero-order valence-corrected chi connectivity index (χ0v) is 18.2. The number of hydrogen-bond donors (Lipinski definition) is 3. The Morgan fingerprint density at radius 3 is 2.59 bits per heavy atom. The summed E-state index contributed by atoms with van der Waals surface area (Å²) in [4.78, 5) is 33.2. The SMILES string of the molecule is O=C(Nc1ccc(C2CCC(F)(F)CC2)nc1)Nc1cn(C(=O)CCCO)c2ncc(F)cc12. The summed E-state index contributed by atoms with van der Waals surface area (Å²) in [7, 11) is 0. The average Bonchev–Trinajstić information content (AvgIpc) is 3.15. The van der Waals surface area contributed by atoms with Gasteiger partial charge in [-0.25, -0.2) is 22.9 Å². The van der Waals surface area contributed by atoms with Crippen LogP contribution < -0.4 is 10.6 Å². The molecule has 1 saturated carbocycles. The van der Waals surface area contributed by atoms with Crippen molar-refractivity contribution in [2.75, 3.05) is 17.2 Å². The number of carbonyl (C=O) groups excluding carboxylic acids is 2. The fourth-order valence-electron chi connectivity index (χ4n) is 4.06. The van der Waals surface area contributed by atoms with Crippen molar-refractivity contribution in [3.8, 4) is 0 Å². The molecule has 0 saturated heterocycles. The monoisotopic (exact) mass is 475 g/mol. The number of halogens is 3. The number of anilines is 2. The van der Waals surface area contributed by atoms with E-state index in [0.717, 1.165) is 12.3 Å². The molecule has 34 heavy (non-hydrogen) atoms. The first kappa shape index (κ1) is 23.7.